The lowest BCUT2D eigenvalue weighted by molar-refractivity contribution is -0.124. The van der Waals surface area contributed by atoms with E-state index >= 15 is 0 Å². The molecule has 37 heavy (non-hydrogen) atoms. The zero-order chi connectivity index (χ0) is 25.4. The highest BCUT2D eigenvalue weighted by molar-refractivity contribution is 6.05. The minimum absolute atomic E-state index is 0.0119. The molecule has 0 aliphatic carbocycles. The van der Waals surface area contributed by atoms with Crippen LogP contribution in [0, 0.1) is 17.2 Å². The molecule has 0 radical (unpaired) electrons. The summed E-state index contributed by atoms with van der Waals surface area (Å²) in [6.45, 7) is 6.65. The number of anilines is 2. The van der Waals surface area contributed by atoms with Crippen LogP contribution >= 0.6 is 0 Å². The van der Waals surface area contributed by atoms with E-state index in [0.29, 0.717) is 37.6 Å². The van der Waals surface area contributed by atoms with Gasteiger partial charge in [-0.2, -0.15) is 5.26 Å². The van der Waals surface area contributed by atoms with Gasteiger partial charge in [0, 0.05) is 69.1 Å². The molecule has 1 atom stereocenters. The Morgan fingerprint density at radius 2 is 1.84 bits per heavy atom. The van der Waals surface area contributed by atoms with Crippen molar-refractivity contribution < 1.29 is 19.1 Å². The van der Waals surface area contributed by atoms with Crippen molar-refractivity contribution in [3.63, 3.8) is 0 Å². The fourth-order valence-corrected chi connectivity index (χ4v) is 6.30. The third-order valence-electron chi connectivity index (χ3n) is 8.37. The largest absolute Gasteiger partial charge is 0.381 e. The van der Waals surface area contributed by atoms with Gasteiger partial charge in [-0.3, -0.25) is 14.5 Å². The van der Waals surface area contributed by atoms with Crippen LogP contribution < -0.4 is 9.80 Å². The zero-order valence-corrected chi connectivity index (χ0v) is 21.0. The molecule has 4 aliphatic rings. The van der Waals surface area contributed by atoms with Gasteiger partial charge in [0.05, 0.1) is 30.8 Å². The summed E-state index contributed by atoms with van der Waals surface area (Å²) in [4.78, 5) is 32.8. The van der Waals surface area contributed by atoms with Crippen LogP contribution in [-0.2, 0) is 31.0 Å². The van der Waals surface area contributed by atoms with E-state index in [1.165, 1.54) is 11.1 Å². The first kappa shape index (κ1) is 24.1. The van der Waals surface area contributed by atoms with Crippen molar-refractivity contribution in [2.75, 3.05) is 62.4 Å². The smallest absolute Gasteiger partial charge is 0.232 e. The van der Waals surface area contributed by atoms with E-state index < -0.39 is 5.92 Å². The lowest BCUT2D eigenvalue weighted by Gasteiger charge is -2.34. The highest BCUT2D eigenvalue weighted by Crippen LogP contribution is 2.48. The van der Waals surface area contributed by atoms with Gasteiger partial charge >= 0.3 is 0 Å². The SMILES string of the molecule is N#Cc1cccc(N2C[C@@H](C(=O)N3CC4(CCOCC4)c4cc(CN5CCOCC5)ccc43)CC2=O)c1. The predicted octanol–water partition coefficient (Wildman–Crippen LogP) is 2.84. The van der Waals surface area contributed by atoms with E-state index in [1.807, 2.05) is 11.0 Å². The molecule has 8 heteroatoms. The highest BCUT2D eigenvalue weighted by atomic mass is 16.5. The molecule has 2 amide bonds. The molecule has 8 nitrogen and oxygen atoms in total. The fraction of sp³-hybridized carbons (Fsp3) is 0.483. The van der Waals surface area contributed by atoms with Crippen LogP contribution in [0.4, 0.5) is 11.4 Å². The van der Waals surface area contributed by atoms with E-state index in [2.05, 4.69) is 29.2 Å². The van der Waals surface area contributed by atoms with Gasteiger partial charge in [-0.15, -0.1) is 0 Å². The van der Waals surface area contributed by atoms with Gasteiger partial charge in [0.25, 0.3) is 0 Å². The van der Waals surface area contributed by atoms with Crippen LogP contribution in [-0.4, -0.2) is 69.3 Å². The maximum Gasteiger partial charge on any atom is 0.232 e. The van der Waals surface area contributed by atoms with Crippen LogP contribution in [0.3, 0.4) is 0 Å². The molecule has 0 saturated carbocycles. The van der Waals surface area contributed by atoms with Crippen molar-refractivity contribution in [3.8, 4) is 6.07 Å². The zero-order valence-electron chi connectivity index (χ0n) is 21.0. The Balaban J connectivity index is 1.25. The van der Waals surface area contributed by atoms with Crippen LogP contribution in [0.1, 0.15) is 36.0 Å². The number of hydrogen-bond acceptors (Lipinski definition) is 6. The minimum Gasteiger partial charge on any atom is -0.381 e. The Hall–Kier alpha value is -3.25. The summed E-state index contributed by atoms with van der Waals surface area (Å²) in [6, 6.07) is 15.7. The number of fused-ring (bicyclic) bond motifs is 2. The molecule has 0 aromatic heterocycles. The Bertz CT molecular complexity index is 1240. The van der Waals surface area contributed by atoms with Crippen molar-refractivity contribution in [1.29, 1.82) is 5.26 Å². The number of hydrogen-bond donors (Lipinski definition) is 0. The molecule has 2 aromatic carbocycles. The molecule has 0 N–H and O–H groups in total. The summed E-state index contributed by atoms with van der Waals surface area (Å²) >= 11 is 0. The second kappa shape index (κ2) is 9.90. The molecule has 6 rings (SSSR count). The van der Waals surface area contributed by atoms with Gasteiger partial charge in [-0.05, 0) is 48.2 Å². The Morgan fingerprint density at radius 1 is 1.05 bits per heavy atom. The van der Waals surface area contributed by atoms with E-state index in [-0.39, 0.29) is 23.7 Å². The Kier molecular flexibility index (Phi) is 6.45. The van der Waals surface area contributed by atoms with Gasteiger partial charge in [-0.1, -0.05) is 18.2 Å². The predicted molar refractivity (Wildman–Crippen MR) is 138 cm³/mol. The third-order valence-corrected chi connectivity index (χ3v) is 8.37. The Labute approximate surface area is 217 Å². The first-order chi connectivity index (χ1) is 18.1. The summed E-state index contributed by atoms with van der Waals surface area (Å²) in [6.07, 6.45) is 1.97. The molecule has 4 aliphatic heterocycles. The number of nitrogens with zero attached hydrogens (tertiary/aromatic N) is 4. The van der Waals surface area contributed by atoms with Crippen LogP contribution in [0.5, 0.6) is 0 Å². The number of morpholine rings is 1. The number of carbonyl (C=O) groups is 2. The molecule has 3 saturated heterocycles. The van der Waals surface area contributed by atoms with Gasteiger partial charge in [0.2, 0.25) is 11.8 Å². The topological polar surface area (TPSA) is 86.1 Å². The molecule has 3 fully saturated rings. The minimum atomic E-state index is -0.408. The highest BCUT2D eigenvalue weighted by Gasteiger charge is 2.48. The molecule has 4 heterocycles. The second-order valence-corrected chi connectivity index (χ2v) is 10.6. The van der Waals surface area contributed by atoms with Crippen molar-refractivity contribution in [2.45, 2.75) is 31.2 Å². The average Bonchev–Trinajstić information content (AvgIpc) is 3.47. The summed E-state index contributed by atoms with van der Waals surface area (Å²) in [5.41, 5.74) is 4.57. The standard InChI is InChI=1S/C29H32N4O4/c30-17-21-2-1-3-24(14-21)32-19-23(16-27(32)34)28(35)33-20-29(6-10-36-11-7-29)25-15-22(4-5-26(25)33)18-31-8-12-37-13-9-31/h1-5,14-15,23H,6-13,16,18-20H2/t23-/m0/s1. The van der Waals surface area contributed by atoms with E-state index in [1.54, 1.807) is 23.1 Å². The van der Waals surface area contributed by atoms with E-state index in [9.17, 15) is 14.9 Å². The van der Waals surface area contributed by atoms with Gasteiger partial charge in [-0.25, -0.2) is 0 Å². The molecular weight excluding hydrogens is 468 g/mol. The number of nitriles is 1. The quantitative estimate of drug-likeness (QED) is 0.642. The van der Waals surface area contributed by atoms with E-state index in [4.69, 9.17) is 9.47 Å². The van der Waals surface area contributed by atoms with Crippen molar-refractivity contribution in [3.05, 3.63) is 59.2 Å². The van der Waals surface area contributed by atoms with Crippen LogP contribution in [0.15, 0.2) is 42.5 Å². The summed E-state index contributed by atoms with van der Waals surface area (Å²) in [5.74, 6) is -0.471. The van der Waals surface area contributed by atoms with Gasteiger partial charge < -0.3 is 19.3 Å². The van der Waals surface area contributed by atoms with Gasteiger partial charge in [0.15, 0.2) is 0 Å². The van der Waals surface area contributed by atoms with Crippen LogP contribution in [0.2, 0.25) is 0 Å². The first-order valence-electron chi connectivity index (χ1n) is 13.2. The summed E-state index contributed by atoms with van der Waals surface area (Å²) < 4.78 is 11.2. The average molecular weight is 501 g/mol. The molecule has 0 bridgehead atoms. The normalized spacial score (nSPS) is 23.3. The Morgan fingerprint density at radius 3 is 2.62 bits per heavy atom. The lowest BCUT2D eigenvalue weighted by atomic mass is 9.75. The molecule has 192 valence electrons. The maximum atomic E-state index is 13.9. The first-order valence-corrected chi connectivity index (χ1v) is 13.2. The fourth-order valence-electron chi connectivity index (χ4n) is 6.30. The third kappa shape index (κ3) is 4.52. The maximum absolute atomic E-state index is 13.9. The molecule has 1 spiro atoms. The van der Waals surface area contributed by atoms with Gasteiger partial charge in [0.1, 0.15) is 0 Å². The number of ether oxygens (including phenoxy) is 2. The van der Waals surface area contributed by atoms with Crippen molar-refractivity contribution in [2.24, 2.45) is 5.92 Å². The second-order valence-electron chi connectivity index (χ2n) is 10.6. The van der Waals surface area contributed by atoms with Crippen molar-refractivity contribution >= 4 is 23.2 Å². The lowest BCUT2D eigenvalue weighted by Crippen LogP contribution is -2.43. The number of carbonyl (C=O) groups excluding carboxylic acids is 2. The molecular formula is C29H32N4O4. The van der Waals surface area contributed by atoms with Crippen LogP contribution in [0.25, 0.3) is 0 Å². The van der Waals surface area contributed by atoms with E-state index in [0.717, 1.165) is 51.4 Å². The number of benzene rings is 2. The number of amides is 2. The monoisotopic (exact) mass is 500 g/mol. The number of rotatable bonds is 4. The molecule has 0 unspecified atom stereocenters. The molecule has 2 aromatic rings. The van der Waals surface area contributed by atoms with Crippen molar-refractivity contribution in [1.82, 2.24) is 4.90 Å². The summed E-state index contributed by atoms with van der Waals surface area (Å²) in [5, 5.41) is 9.25. The summed E-state index contributed by atoms with van der Waals surface area (Å²) in [7, 11) is 0.